The van der Waals surface area contributed by atoms with Crippen LogP contribution in [0.3, 0.4) is 0 Å². The van der Waals surface area contributed by atoms with E-state index in [-0.39, 0.29) is 10.7 Å². The first-order chi connectivity index (χ1) is 11.7. The minimum Gasteiger partial charge on any atom is -0.493 e. The molecule has 0 atom stereocenters. The molecule has 0 bridgehead atoms. The average Bonchev–Trinajstić information content (AvgIpc) is 2.58. The van der Waals surface area contributed by atoms with E-state index in [2.05, 4.69) is 4.98 Å². The minimum atomic E-state index is -4.83. The van der Waals surface area contributed by atoms with Crippen molar-refractivity contribution in [3.8, 4) is 22.8 Å². The lowest BCUT2D eigenvalue weighted by Gasteiger charge is -2.15. The molecule has 1 N–H and O–H groups in total. The van der Waals surface area contributed by atoms with Crippen molar-refractivity contribution in [2.24, 2.45) is 0 Å². The van der Waals surface area contributed by atoms with Crippen LogP contribution in [0.1, 0.15) is 15.9 Å². The summed E-state index contributed by atoms with van der Waals surface area (Å²) in [5.74, 6) is -0.944. The largest absolute Gasteiger partial charge is 0.493 e. The van der Waals surface area contributed by atoms with Crippen LogP contribution in [0.2, 0.25) is 0 Å². The topological polar surface area (TPSA) is 68.7 Å². The molecule has 0 saturated carbocycles. The van der Waals surface area contributed by atoms with Gasteiger partial charge in [-0.2, -0.15) is 13.2 Å². The van der Waals surface area contributed by atoms with Crippen LogP contribution in [0.5, 0.6) is 11.5 Å². The summed E-state index contributed by atoms with van der Waals surface area (Å²) >= 11 is 0.833. The van der Waals surface area contributed by atoms with Crippen LogP contribution < -0.4 is 9.47 Å². The van der Waals surface area contributed by atoms with E-state index in [1.165, 1.54) is 38.7 Å². The summed E-state index contributed by atoms with van der Waals surface area (Å²) in [6.07, 6.45) is -3.36. The van der Waals surface area contributed by atoms with Gasteiger partial charge in [0.2, 0.25) is 0 Å². The molecule has 1 heterocycles. The number of benzene rings is 1. The predicted molar refractivity (Wildman–Crippen MR) is 86.5 cm³/mol. The third kappa shape index (κ3) is 3.81. The maximum Gasteiger partial charge on any atom is 0.417 e. The van der Waals surface area contributed by atoms with Crippen molar-refractivity contribution in [1.82, 2.24) is 4.98 Å². The number of alkyl halides is 3. The maximum absolute atomic E-state index is 13.3. The Kier molecular flexibility index (Phi) is 5.46. The van der Waals surface area contributed by atoms with Crippen LogP contribution in [0.4, 0.5) is 13.2 Å². The zero-order valence-corrected chi connectivity index (χ0v) is 14.3. The Hall–Kier alpha value is -2.42. The van der Waals surface area contributed by atoms with Gasteiger partial charge in [-0.3, -0.25) is 0 Å². The van der Waals surface area contributed by atoms with Crippen molar-refractivity contribution < 1.29 is 32.5 Å². The van der Waals surface area contributed by atoms with Crippen molar-refractivity contribution in [2.75, 3.05) is 20.5 Å². The molecule has 0 spiro atoms. The molecule has 2 aromatic rings. The van der Waals surface area contributed by atoms with Gasteiger partial charge in [0.25, 0.3) is 0 Å². The van der Waals surface area contributed by atoms with Crippen LogP contribution in [0.15, 0.2) is 29.3 Å². The van der Waals surface area contributed by atoms with E-state index in [0.717, 1.165) is 17.8 Å². The van der Waals surface area contributed by atoms with E-state index in [1.807, 2.05) is 0 Å². The monoisotopic (exact) mass is 373 g/mol. The number of aromatic nitrogens is 1. The standard InChI is InChI=1S/C16H14F3NO4S/c1-23-11-5-4-8(6-12(11)24-2)10-7-9(16(17,18)19)13(15(21)22)14(20-10)25-3/h4-7H,1-3H3,(H,21,22). The number of carboxylic acids is 1. The molecule has 25 heavy (non-hydrogen) atoms. The molecule has 134 valence electrons. The SMILES string of the molecule is COc1ccc(-c2cc(C(F)(F)F)c(C(=O)O)c(SC)n2)cc1OC. The summed E-state index contributed by atoms with van der Waals surface area (Å²) in [5, 5.41) is 8.95. The number of methoxy groups -OCH3 is 2. The zero-order valence-electron chi connectivity index (χ0n) is 13.5. The Bertz CT molecular complexity index is 809. The molecule has 0 aliphatic rings. The first-order valence-electron chi connectivity index (χ1n) is 6.84. The molecule has 5 nitrogen and oxygen atoms in total. The van der Waals surface area contributed by atoms with Gasteiger partial charge in [-0.15, -0.1) is 11.8 Å². The molecular formula is C16H14F3NO4S. The van der Waals surface area contributed by atoms with Crippen LogP contribution in [0.25, 0.3) is 11.3 Å². The summed E-state index contributed by atoms with van der Waals surface area (Å²) in [7, 11) is 2.84. The number of aromatic carboxylic acids is 1. The number of rotatable bonds is 5. The summed E-state index contributed by atoms with van der Waals surface area (Å²) in [6.45, 7) is 0. The highest BCUT2D eigenvalue weighted by Crippen LogP contribution is 2.39. The summed E-state index contributed by atoms with van der Waals surface area (Å²) in [6, 6.07) is 5.26. The molecule has 1 aromatic heterocycles. The lowest BCUT2D eigenvalue weighted by Crippen LogP contribution is -2.15. The van der Waals surface area contributed by atoms with Crippen molar-refractivity contribution >= 4 is 17.7 Å². The number of pyridine rings is 1. The number of carbonyl (C=O) groups is 1. The number of carboxylic acid groups (broad SMARTS) is 1. The van der Waals surface area contributed by atoms with E-state index in [0.29, 0.717) is 17.1 Å². The summed E-state index contributed by atoms with van der Waals surface area (Å²) < 4.78 is 50.3. The van der Waals surface area contributed by atoms with Crippen molar-refractivity contribution in [1.29, 1.82) is 0 Å². The molecule has 1 aromatic carbocycles. The highest BCUT2D eigenvalue weighted by molar-refractivity contribution is 7.98. The molecule has 0 aliphatic carbocycles. The molecule has 9 heteroatoms. The number of ether oxygens (including phenoxy) is 2. The van der Waals surface area contributed by atoms with E-state index < -0.39 is 23.3 Å². The first-order valence-corrected chi connectivity index (χ1v) is 8.07. The zero-order chi connectivity index (χ0) is 18.8. The quantitative estimate of drug-likeness (QED) is 0.792. The number of nitrogens with zero attached hydrogens (tertiary/aromatic N) is 1. The second-order valence-electron chi connectivity index (χ2n) is 4.81. The van der Waals surface area contributed by atoms with Crippen molar-refractivity contribution in [3.63, 3.8) is 0 Å². The number of hydrogen-bond donors (Lipinski definition) is 1. The van der Waals surface area contributed by atoms with Crippen LogP contribution in [-0.2, 0) is 6.18 Å². The highest BCUT2D eigenvalue weighted by atomic mass is 32.2. The first kappa shape index (κ1) is 18.9. The Balaban J connectivity index is 2.73. The summed E-state index contributed by atoms with van der Waals surface area (Å²) in [4.78, 5) is 15.4. The fraction of sp³-hybridized carbons (Fsp3) is 0.250. The second kappa shape index (κ2) is 7.22. The fourth-order valence-electron chi connectivity index (χ4n) is 2.24. The van der Waals surface area contributed by atoms with Gasteiger partial charge in [0, 0.05) is 5.56 Å². The van der Waals surface area contributed by atoms with Gasteiger partial charge in [-0.25, -0.2) is 9.78 Å². The van der Waals surface area contributed by atoms with E-state index >= 15 is 0 Å². The summed E-state index contributed by atoms with van der Waals surface area (Å²) in [5.41, 5.74) is -1.77. The molecule has 0 saturated heterocycles. The smallest absolute Gasteiger partial charge is 0.417 e. The maximum atomic E-state index is 13.3. The normalized spacial score (nSPS) is 11.3. The Morgan fingerprint density at radius 1 is 1.16 bits per heavy atom. The molecule has 0 amide bonds. The van der Waals surface area contributed by atoms with Gasteiger partial charge >= 0.3 is 12.1 Å². The number of thioether (sulfide) groups is 1. The van der Waals surface area contributed by atoms with Crippen LogP contribution in [-0.4, -0.2) is 36.5 Å². The predicted octanol–water partition coefficient (Wildman–Crippen LogP) is 4.20. The van der Waals surface area contributed by atoms with E-state index in [4.69, 9.17) is 14.6 Å². The molecule has 0 unspecified atom stereocenters. The van der Waals surface area contributed by atoms with Gasteiger partial charge in [-0.05, 0) is 30.5 Å². The third-order valence-corrected chi connectivity index (χ3v) is 4.06. The average molecular weight is 373 g/mol. The molecule has 0 fully saturated rings. The molecule has 2 rings (SSSR count). The molecular weight excluding hydrogens is 359 g/mol. The Morgan fingerprint density at radius 2 is 1.80 bits per heavy atom. The van der Waals surface area contributed by atoms with Gasteiger partial charge in [0.05, 0.1) is 25.5 Å². The third-order valence-electron chi connectivity index (χ3n) is 3.38. The highest BCUT2D eigenvalue weighted by Gasteiger charge is 2.38. The van der Waals surface area contributed by atoms with Crippen LogP contribution >= 0.6 is 11.8 Å². The number of hydrogen-bond acceptors (Lipinski definition) is 5. The van der Waals surface area contributed by atoms with E-state index in [9.17, 15) is 18.0 Å². The lowest BCUT2D eigenvalue weighted by molar-refractivity contribution is -0.138. The number of halogens is 3. The minimum absolute atomic E-state index is 0.0115. The molecule has 0 radical (unpaired) electrons. The molecule has 0 aliphatic heterocycles. The lowest BCUT2D eigenvalue weighted by atomic mass is 10.0. The van der Waals surface area contributed by atoms with Gasteiger partial charge in [0.15, 0.2) is 11.5 Å². The van der Waals surface area contributed by atoms with Crippen molar-refractivity contribution in [2.45, 2.75) is 11.2 Å². The van der Waals surface area contributed by atoms with Gasteiger partial charge in [0.1, 0.15) is 10.6 Å². The Labute approximate surface area is 145 Å². The Morgan fingerprint density at radius 3 is 2.28 bits per heavy atom. The second-order valence-corrected chi connectivity index (χ2v) is 5.61. The fourth-order valence-corrected chi connectivity index (χ4v) is 2.83. The van der Waals surface area contributed by atoms with E-state index in [1.54, 1.807) is 0 Å². The van der Waals surface area contributed by atoms with Crippen molar-refractivity contribution in [3.05, 3.63) is 35.4 Å². The van der Waals surface area contributed by atoms with Gasteiger partial charge in [-0.1, -0.05) is 0 Å². The van der Waals surface area contributed by atoms with Crippen LogP contribution in [0, 0.1) is 0 Å². The van der Waals surface area contributed by atoms with Gasteiger partial charge < -0.3 is 14.6 Å².